The lowest BCUT2D eigenvalue weighted by molar-refractivity contribution is 0.0701. The number of pyridine rings is 1. The lowest BCUT2D eigenvalue weighted by Crippen LogP contribution is -2.31. The molecule has 0 bridgehead atoms. The Hall–Kier alpha value is -3.00. The van der Waals surface area contributed by atoms with Crippen LogP contribution in [0.4, 0.5) is 9.93 Å². The van der Waals surface area contributed by atoms with E-state index in [1.54, 1.807) is 22.9 Å². The maximum absolute atomic E-state index is 12.8. The highest BCUT2D eigenvalue weighted by atomic mass is 32.1. The molecule has 1 N–H and O–H groups in total. The first-order valence-corrected chi connectivity index (χ1v) is 8.96. The van der Waals surface area contributed by atoms with E-state index in [1.165, 1.54) is 0 Å². The fraction of sp³-hybridized carbons (Fsp3) is 0.222. The highest BCUT2D eigenvalue weighted by molar-refractivity contribution is 7.17. The van der Waals surface area contributed by atoms with E-state index in [9.17, 15) is 14.7 Å². The minimum absolute atomic E-state index is 0.163. The molecule has 1 aromatic carbocycles. The molecule has 0 aliphatic carbocycles. The topological polar surface area (TPSA) is 86.6 Å². The van der Waals surface area contributed by atoms with Gasteiger partial charge in [0.1, 0.15) is 4.88 Å². The second-order valence-corrected chi connectivity index (χ2v) is 7.04. The zero-order valence-corrected chi connectivity index (χ0v) is 14.9. The van der Waals surface area contributed by atoms with Crippen LogP contribution in [0.25, 0.3) is 10.9 Å². The summed E-state index contributed by atoms with van der Waals surface area (Å²) in [5, 5.41) is 10.7. The number of fused-ring (bicyclic) bond motifs is 1. The first-order chi connectivity index (χ1) is 12.5. The summed E-state index contributed by atoms with van der Waals surface area (Å²) in [4.78, 5) is 36.1. The van der Waals surface area contributed by atoms with Crippen LogP contribution in [0.1, 0.15) is 20.9 Å². The standard InChI is InChI=1S/C18H16N4O3S/c1-11-15(16(23)24)26-17(20-11)22-9-8-21(18(22)25)10-13-5-2-4-12-6-3-7-19-14(12)13/h2-7H,8-10H2,1H3,(H,23,24). The van der Waals surface area contributed by atoms with Crippen molar-refractivity contribution in [2.75, 3.05) is 18.0 Å². The molecule has 0 unspecified atom stereocenters. The fourth-order valence-corrected chi connectivity index (χ4v) is 4.03. The molecular weight excluding hydrogens is 352 g/mol. The van der Waals surface area contributed by atoms with Gasteiger partial charge in [-0.25, -0.2) is 14.6 Å². The van der Waals surface area contributed by atoms with E-state index in [2.05, 4.69) is 9.97 Å². The van der Waals surface area contributed by atoms with Gasteiger partial charge in [-0.3, -0.25) is 9.88 Å². The Kier molecular flexibility index (Phi) is 4.04. The van der Waals surface area contributed by atoms with Crippen molar-refractivity contribution in [1.82, 2.24) is 14.9 Å². The molecule has 1 aliphatic rings. The number of para-hydroxylation sites is 1. The SMILES string of the molecule is Cc1nc(N2CCN(Cc3cccc4cccnc34)C2=O)sc1C(=O)O. The molecular formula is C18H16N4O3S. The second-order valence-electron chi connectivity index (χ2n) is 6.06. The van der Waals surface area contributed by atoms with Gasteiger partial charge < -0.3 is 10.0 Å². The molecule has 1 aliphatic heterocycles. The Labute approximate surface area is 153 Å². The van der Waals surface area contributed by atoms with E-state index >= 15 is 0 Å². The number of aromatic carboxylic acids is 1. The quantitative estimate of drug-likeness (QED) is 0.764. The third-order valence-corrected chi connectivity index (χ3v) is 5.55. The lowest BCUT2D eigenvalue weighted by atomic mass is 10.1. The third kappa shape index (κ3) is 2.78. The minimum Gasteiger partial charge on any atom is -0.477 e. The Balaban J connectivity index is 1.58. The maximum Gasteiger partial charge on any atom is 0.347 e. The molecule has 26 heavy (non-hydrogen) atoms. The van der Waals surface area contributed by atoms with Crippen LogP contribution < -0.4 is 4.90 Å². The number of thiazole rings is 1. The van der Waals surface area contributed by atoms with Crippen LogP contribution in [0, 0.1) is 6.92 Å². The molecule has 1 saturated heterocycles. The molecule has 3 heterocycles. The lowest BCUT2D eigenvalue weighted by Gasteiger charge is -2.17. The number of aromatic nitrogens is 2. The number of carboxylic acids is 1. The van der Waals surface area contributed by atoms with Crippen LogP contribution in [-0.2, 0) is 6.54 Å². The average Bonchev–Trinajstić information content (AvgIpc) is 3.18. The molecule has 132 valence electrons. The van der Waals surface area contributed by atoms with Gasteiger partial charge in [-0.1, -0.05) is 35.6 Å². The number of rotatable bonds is 4. The Morgan fingerprint density at radius 1 is 1.27 bits per heavy atom. The first kappa shape index (κ1) is 16.5. The largest absolute Gasteiger partial charge is 0.477 e. The van der Waals surface area contributed by atoms with Gasteiger partial charge >= 0.3 is 12.0 Å². The van der Waals surface area contributed by atoms with Crippen LogP contribution in [0.2, 0.25) is 0 Å². The Bertz CT molecular complexity index is 1010. The summed E-state index contributed by atoms with van der Waals surface area (Å²) in [5.74, 6) is -1.02. The number of aryl methyl sites for hydroxylation is 1. The number of amides is 2. The van der Waals surface area contributed by atoms with Gasteiger partial charge in [-0.05, 0) is 18.6 Å². The van der Waals surface area contributed by atoms with Crippen molar-refractivity contribution in [3.8, 4) is 0 Å². The van der Waals surface area contributed by atoms with Crippen molar-refractivity contribution in [2.45, 2.75) is 13.5 Å². The van der Waals surface area contributed by atoms with Crippen molar-refractivity contribution in [3.05, 3.63) is 52.7 Å². The zero-order valence-electron chi connectivity index (χ0n) is 14.0. The smallest absolute Gasteiger partial charge is 0.347 e. The van der Waals surface area contributed by atoms with E-state index < -0.39 is 5.97 Å². The number of nitrogens with zero attached hydrogens (tertiary/aromatic N) is 4. The minimum atomic E-state index is -1.02. The zero-order chi connectivity index (χ0) is 18.3. The van der Waals surface area contributed by atoms with Crippen molar-refractivity contribution < 1.29 is 14.7 Å². The molecule has 0 spiro atoms. The summed E-state index contributed by atoms with van der Waals surface area (Å²) >= 11 is 1.03. The van der Waals surface area contributed by atoms with Crippen LogP contribution in [0.3, 0.4) is 0 Å². The number of urea groups is 1. The van der Waals surface area contributed by atoms with E-state index in [-0.39, 0.29) is 10.9 Å². The molecule has 0 saturated carbocycles. The Morgan fingerprint density at radius 2 is 2.08 bits per heavy atom. The number of hydrogen-bond acceptors (Lipinski definition) is 5. The highest BCUT2D eigenvalue weighted by Crippen LogP contribution is 2.29. The van der Waals surface area contributed by atoms with E-state index in [0.29, 0.717) is 30.5 Å². The summed E-state index contributed by atoms with van der Waals surface area (Å²) in [6, 6.07) is 9.65. The molecule has 7 nitrogen and oxygen atoms in total. The van der Waals surface area contributed by atoms with Gasteiger partial charge in [0.05, 0.1) is 11.2 Å². The van der Waals surface area contributed by atoms with Gasteiger partial charge in [0.2, 0.25) is 0 Å². The summed E-state index contributed by atoms with van der Waals surface area (Å²) in [6.07, 6.45) is 1.75. The van der Waals surface area contributed by atoms with E-state index in [4.69, 9.17) is 0 Å². The van der Waals surface area contributed by atoms with Crippen molar-refractivity contribution in [1.29, 1.82) is 0 Å². The maximum atomic E-state index is 12.8. The fourth-order valence-electron chi connectivity index (χ4n) is 3.10. The van der Waals surface area contributed by atoms with Gasteiger partial charge in [0.25, 0.3) is 0 Å². The van der Waals surface area contributed by atoms with Gasteiger partial charge in [-0.15, -0.1) is 0 Å². The molecule has 0 radical (unpaired) electrons. The van der Waals surface area contributed by atoms with Gasteiger partial charge in [0.15, 0.2) is 5.13 Å². The number of benzene rings is 1. The summed E-state index contributed by atoms with van der Waals surface area (Å²) in [5.41, 5.74) is 2.31. The average molecular weight is 368 g/mol. The van der Waals surface area contributed by atoms with Crippen LogP contribution in [-0.4, -0.2) is 45.1 Å². The number of carbonyl (C=O) groups excluding carboxylic acids is 1. The molecule has 1 fully saturated rings. The first-order valence-electron chi connectivity index (χ1n) is 8.14. The van der Waals surface area contributed by atoms with Crippen molar-refractivity contribution in [2.24, 2.45) is 0 Å². The number of carbonyl (C=O) groups is 2. The highest BCUT2D eigenvalue weighted by Gasteiger charge is 2.32. The van der Waals surface area contributed by atoms with Crippen LogP contribution in [0.5, 0.6) is 0 Å². The summed E-state index contributed by atoms with van der Waals surface area (Å²) in [6.45, 7) is 3.15. The van der Waals surface area contributed by atoms with Gasteiger partial charge in [-0.2, -0.15) is 0 Å². The Morgan fingerprint density at radius 3 is 2.85 bits per heavy atom. The normalized spacial score (nSPS) is 14.4. The van der Waals surface area contributed by atoms with Gasteiger partial charge in [0, 0.05) is 31.2 Å². The predicted molar refractivity (Wildman–Crippen MR) is 98.7 cm³/mol. The molecule has 8 heteroatoms. The third-order valence-electron chi connectivity index (χ3n) is 4.38. The van der Waals surface area contributed by atoms with Crippen molar-refractivity contribution in [3.63, 3.8) is 0 Å². The monoisotopic (exact) mass is 368 g/mol. The van der Waals surface area contributed by atoms with Crippen LogP contribution >= 0.6 is 11.3 Å². The summed E-state index contributed by atoms with van der Waals surface area (Å²) in [7, 11) is 0. The van der Waals surface area contributed by atoms with E-state index in [0.717, 1.165) is 27.8 Å². The van der Waals surface area contributed by atoms with Crippen LogP contribution in [0.15, 0.2) is 36.5 Å². The van der Waals surface area contributed by atoms with Crippen molar-refractivity contribution >= 4 is 39.4 Å². The summed E-state index contributed by atoms with van der Waals surface area (Å²) < 4.78 is 0. The number of anilines is 1. The van der Waals surface area contributed by atoms with E-state index in [1.807, 2.05) is 30.3 Å². The number of hydrogen-bond donors (Lipinski definition) is 1. The molecule has 2 amide bonds. The second kappa shape index (κ2) is 6.38. The molecule has 0 atom stereocenters. The number of carboxylic acid groups (broad SMARTS) is 1. The predicted octanol–water partition coefficient (Wildman–Crippen LogP) is 3.14. The molecule has 3 aromatic rings. The molecule has 4 rings (SSSR count). The molecule has 2 aromatic heterocycles.